The number of rotatable bonds is 10. The standard InChI is InChI=1S/C29H29ClN6O6/c1-28(2,3)42-27(37)35-29(9-10-29)16-41-25-14-22-20(13-23(25)36(38)39)26(33-17-32-22)34-18-7-8-24(21(30)12-18)40-15-19-6-4-5-11-31-19/h4-8,11-14,17H,9-10,15-16H2,1-3H3,(H,35,37)(H,32,33,34). The Hall–Kier alpha value is -4.71. The third-order valence-electron chi connectivity index (χ3n) is 6.33. The third-order valence-corrected chi connectivity index (χ3v) is 6.63. The molecule has 0 aliphatic heterocycles. The largest absolute Gasteiger partial charge is 0.486 e. The van der Waals surface area contributed by atoms with E-state index in [0.717, 1.165) is 5.69 Å². The van der Waals surface area contributed by atoms with Crippen LogP contribution in [-0.4, -0.2) is 43.7 Å². The summed E-state index contributed by atoms with van der Waals surface area (Å²) in [5.74, 6) is 0.859. The second-order valence-electron chi connectivity index (χ2n) is 10.9. The fourth-order valence-electron chi connectivity index (χ4n) is 4.09. The molecule has 1 aliphatic rings. The van der Waals surface area contributed by atoms with Gasteiger partial charge in [0.2, 0.25) is 0 Å². The van der Waals surface area contributed by atoms with Crippen LogP contribution >= 0.6 is 11.6 Å². The van der Waals surface area contributed by atoms with Crippen molar-refractivity contribution in [1.29, 1.82) is 0 Å². The van der Waals surface area contributed by atoms with Crippen LogP contribution < -0.4 is 20.1 Å². The second-order valence-corrected chi connectivity index (χ2v) is 11.3. The van der Waals surface area contributed by atoms with Crippen molar-refractivity contribution < 1.29 is 23.9 Å². The molecule has 0 radical (unpaired) electrons. The molecule has 0 atom stereocenters. The number of hydrogen-bond donors (Lipinski definition) is 2. The highest BCUT2D eigenvalue weighted by atomic mass is 35.5. The number of benzene rings is 2. The van der Waals surface area contributed by atoms with Crippen LogP contribution in [0.5, 0.6) is 11.5 Å². The van der Waals surface area contributed by atoms with Crippen LogP contribution in [-0.2, 0) is 11.3 Å². The van der Waals surface area contributed by atoms with Crippen LogP contribution in [0.15, 0.2) is 61.1 Å². The molecular weight excluding hydrogens is 564 g/mol. The summed E-state index contributed by atoms with van der Waals surface area (Å²) in [5.41, 5.74) is 0.238. The first-order valence-corrected chi connectivity index (χ1v) is 13.5. The number of carbonyl (C=O) groups excluding carboxylic acids is 1. The lowest BCUT2D eigenvalue weighted by Crippen LogP contribution is -2.44. The van der Waals surface area contributed by atoms with Gasteiger partial charge in [-0.1, -0.05) is 17.7 Å². The lowest BCUT2D eigenvalue weighted by atomic mass is 10.2. The van der Waals surface area contributed by atoms with Crippen LogP contribution in [0.4, 0.5) is 22.0 Å². The van der Waals surface area contributed by atoms with Gasteiger partial charge in [-0.05, 0) is 63.9 Å². The summed E-state index contributed by atoms with van der Waals surface area (Å²) in [5, 5.41) is 18.8. The van der Waals surface area contributed by atoms with E-state index in [1.165, 1.54) is 18.5 Å². The molecule has 1 fully saturated rings. The van der Waals surface area contributed by atoms with Gasteiger partial charge in [-0.15, -0.1) is 0 Å². The summed E-state index contributed by atoms with van der Waals surface area (Å²) in [6.45, 7) is 5.62. The monoisotopic (exact) mass is 592 g/mol. The van der Waals surface area contributed by atoms with E-state index in [0.29, 0.717) is 46.0 Å². The Morgan fingerprint density at radius 2 is 1.88 bits per heavy atom. The number of amides is 1. The molecular formula is C29H29ClN6O6. The quantitative estimate of drug-likeness (QED) is 0.157. The topological polar surface area (TPSA) is 151 Å². The number of nitro benzene ring substituents is 1. The number of fused-ring (bicyclic) bond motifs is 1. The number of nitro groups is 1. The zero-order valence-electron chi connectivity index (χ0n) is 23.2. The molecule has 0 saturated heterocycles. The van der Waals surface area contributed by atoms with E-state index in [9.17, 15) is 14.9 Å². The number of halogens is 1. The van der Waals surface area contributed by atoms with Gasteiger partial charge in [0.1, 0.15) is 36.7 Å². The average Bonchev–Trinajstić information content (AvgIpc) is 3.69. The summed E-state index contributed by atoms with van der Waals surface area (Å²) in [6, 6.07) is 13.5. The molecule has 0 bridgehead atoms. The minimum absolute atomic E-state index is 0.0341. The van der Waals surface area contributed by atoms with Crippen molar-refractivity contribution in [2.24, 2.45) is 0 Å². The van der Waals surface area contributed by atoms with Crippen molar-refractivity contribution in [2.75, 3.05) is 11.9 Å². The van der Waals surface area contributed by atoms with Gasteiger partial charge in [-0.25, -0.2) is 14.8 Å². The second kappa shape index (κ2) is 11.6. The maximum absolute atomic E-state index is 12.3. The number of alkyl carbamates (subject to hydrolysis) is 1. The van der Waals surface area contributed by atoms with Gasteiger partial charge in [0.05, 0.1) is 32.1 Å². The first-order valence-electron chi connectivity index (χ1n) is 13.2. The van der Waals surface area contributed by atoms with Crippen LogP contribution in [0, 0.1) is 10.1 Å². The smallest absolute Gasteiger partial charge is 0.408 e. The Labute approximate surface area is 246 Å². The number of ether oxygens (including phenoxy) is 3. The molecule has 5 rings (SSSR count). The van der Waals surface area contributed by atoms with E-state index >= 15 is 0 Å². The van der Waals surface area contributed by atoms with Crippen molar-refractivity contribution in [3.8, 4) is 11.5 Å². The highest BCUT2D eigenvalue weighted by molar-refractivity contribution is 6.32. The molecule has 12 nitrogen and oxygen atoms in total. The molecule has 13 heteroatoms. The fraction of sp³-hybridized carbons (Fsp3) is 0.310. The van der Waals surface area contributed by atoms with E-state index in [4.69, 9.17) is 25.8 Å². The van der Waals surface area contributed by atoms with E-state index < -0.39 is 22.2 Å². The van der Waals surface area contributed by atoms with Crippen molar-refractivity contribution in [1.82, 2.24) is 20.3 Å². The van der Waals surface area contributed by atoms with Crippen molar-refractivity contribution >= 4 is 45.8 Å². The number of pyridine rings is 1. The lowest BCUT2D eigenvalue weighted by molar-refractivity contribution is -0.385. The van der Waals surface area contributed by atoms with Crippen LogP contribution in [0.2, 0.25) is 5.02 Å². The molecule has 2 aromatic carbocycles. The van der Waals surface area contributed by atoms with Crippen molar-refractivity contribution in [3.05, 3.63) is 81.9 Å². The van der Waals surface area contributed by atoms with Gasteiger partial charge >= 0.3 is 11.8 Å². The minimum Gasteiger partial charge on any atom is -0.486 e. The molecule has 2 heterocycles. The number of anilines is 2. The summed E-state index contributed by atoms with van der Waals surface area (Å²) in [7, 11) is 0. The van der Waals surface area contributed by atoms with E-state index in [1.54, 1.807) is 45.2 Å². The number of nitrogens with zero attached hydrogens (tertiary/aromatic N) is 4. The SMILES string of the molecule is CC(C)(C)OC(=O)NC1(COc2cc3ncnc(Nc4ccc(OCc5ccccn5)c(Cl)c4)c3cc2[N+](=O)[O-])CC1. The number of nitrogens with one attached hydrogen (secondary N) is 2. The van der Waals surface area contributed by atoms with E-state index in [1.807, 2.05) is 18.2 Å². The zero-order valence-corrected chi connectivity index (χ0v) is 24.0. The molecule has 2 aromatic heterocycles. The first kappa shape index (κ1) is 28.8. The predicted molar refractivity (Wildman–Crippen MR) is 156 cm³/mol. The number of carbonyl (C=O) groups is 1. The Bertz CT molecular complexity index is 1620. The summed E-state index contributed by atoms with van der Waals surface area (Å²) >= 11 is 6.45. The van der Waals surface area contributed by atoms with Gasteiger partial charge in [0.25, 0.3) is 0 Å². The maximum atomic E-state index is 12.3. The van der Waals surface area contributed by atoms with Gasteiger partial charge < -0.3 is 24.8 Å². The molecule has 1 saturated carbocycles. The Morgan fingerprint density at radius 1 is 1.07 bits per heavy atom. The van der Waals surface area contributed by atoms with Crippen LogP contribution in [0.25, 0.3) is 10.9 Å². The summed E-state index contributed by atoms with van der Waals surface area (Å²) in [6.07, 6.45) is 3.80. The Balaban J connectivity index is 1.32. The Kier molecular flexibility index (Phi) is 7.99. The summed E-state index contributed by atoms with van der Waals surface area (Å²) in [4.78, 5) is 36.5. The molecule has 1 amide bonds. The normalized spacial score (nSPS) is 13.7. The van der Waals surface area contributed by atoms with Crippen molar-refractivity contribution in [3.63, 3.8) is 0 Å². The van der Waals surface area contributed by atoms with E-state index in [2.05, 4.69) is 25.6 Å². The molecule has 42 heavy (non-hydrogen) atoms. The van der Waals surface area contributed by atoms with E-state index in [-0.39, 0.29) is 24.7 Å². The highest BCUT2D eigenvalue weighted by Gasteiger charge is 2.46. The van der Waals surface area contributed by atoms with Crippen LogP contribution in [0.3, 0.4) is 0 Å². The number of hydrogen-bond acceptors (Lipinski definition) is 10. The summed E-state index contributed by atoms with van der Waals surface area (Å²) < 4.78 is 17.0. The first-order chi connectivity index (χ1) is 20.0. The predicted octanol–water partition coefficient (Wildman–Crippen LogP) is 6.35. The van der Waals surface area contributed by atoms with Crippen LogP contribution in [0.1, 0.15) is 39.3 Å². The fourth-order valence-corrected chi connectivity index (χ4v) is 4.33. The molecule has 218 valence electrons. The molecule has 4 aromatic rings. The zero-order chi connectivity index (χ0) is 29.9. The average molecular weight is 593 g/mol. The van der Waals surface area contributed by atoms with Gasteiger partial charge in [-0.3, -0.25) is 15.1 Å². The van der Waals surface area contributed by atoms with Gasteiger partial charge in [-0.2, -0.15) is 0 Å². The minimum atomic E-state index is -0.648. The number of aromatic nitrogens is 3. The van der Waals surface area contributed by atoms with Gasteiger partial charge in [0.15, 0.2) is 5.75 Å². The van der Waals surface area contributed by atoms with Crippen molar-refractivity contribution in [2.45, 2.75) is 51.4 Å². The molecule has 2 N–H and O–H groups in total. The highest BCUT2D eigenvalue weighted by Crippen LogP contribution is 2.40. The lowest BCUT2D eigenvalue weighted by Gasteiger charge is -2.23. The maximum Gasteiger partial charge on any atom is 0.408 e. The Morgan fingerprint density at radius 3 is 2.55 bits per heavy atom. The van der Waals surface area contributed by atoms with Gasteiger partial charge in [0, 0.05) is 24.0 Å². The molecule has 1 aliphatic carbocycles. The molecule has 0 unspecified atom stereocenters. The third kappa shape index (κ3) is 7.13. The molecule has 0 spiro atoms.